The van der Waals surface area contributed by atoms with Crippen molar-refractivity contribution in [1.29, 1.82) is 0 Å². The van der Waals surface area contributed by atoms with Crippen LogP contribution in [0, 0.1) is 0 Å². The largest absolute Gasteiger partial charge is 0.452 e. The summed E-state index contributed by atoms with van der Waals surface area (Å²) in [5.41, 5.74) is 0.0268. The second-order valence-corrected chi connectivity index (χ2v) is 8.22. The highest BCUT2D eigenvalue weighted by molar-refractivity contribution is 7.89. The number of ether oxygens (including phenoxy) is 1. The summed E-state index contributed by atoms with van der Waals surface area (Å²) in [5, 5.41) is 7.78. The van der Waals surface area contributed by atoms with Gasteiger partial charge in [-0.2, -0.15) is 0 Å². The van der Waals surface area contributed by atoms with Gasteiger partial charge in [0.2, 0.25) is 10.0 Å². The quantitative estimate of drug-likeness (QED) is 0.508. The van der Waals surface area contributed by atoms with Crippen molar-refractivity contribution in [1.82, 2.24) is 0 Å². The van der Waals surface area contributed by atoms with Crippen molar-refractivity contribution in [3.63, 3.8) is 0 Å². The summed E-state index contributed by atoms with van der Waals surface area (Å²) in [4.78, 5) is 23.5. The molecule has 0 unspecified atom stereocenters. The molecule has 3 N–H and O–H groups in total. The minimum atomic E-state index is -4.13. The van der Waals surface area contributed by atoms with Crippen LogP contribution in [0.1, 0.15) is 10.4 Å². The number of hydrogen-bond acceptors (Lipinski definition) is 5. The van der Waals surface area contributed by atoms with E-state index in [1.807, 2.05) is 0 Å². The smallest absolute Gasteiger partial charge is 0.338 e. The Morgan fingerprint density at radius 3 is 2.22 bits per heavy atom. The molecular weight excluding hydrogens is 462 g/mol. The maximum absolute atomic E-state index is 12.0. The molecule has 12 heteroatoms. The first-order valence-electron chi connectivity index (χ1n) is 6.93. The van der Waals surface area contributed by atoms with E-state index in [0.29, 0.717) is 0 Å². The molecule has 2 aromatic carbocycles. The summed E-state index contributed by atoms with van der Waals surface area (Å²) >= 11 is 23.3. The molecule has 0 radical (unpaired) electrons. The van der Waals surface area contributed by atoms with E-state index in [1.54, 1.807) is 0 Å². The first-order valence-corrected chi connectivity index (χ1v) is 9.98. The van der Waals surface area contributed by atoms with Crippen molar-refractivity contribution in [3.05, 3.63) is 56.0 Å². The lowest BCUT2D eigenvalue weighted by Gasteiger charge is -2.10. The molecule has 0 aromatic heterocycles. The van der Waals surface area contributed by atoms with Crippen LogP contribution in [0.2, 0.25) is 20.1 Å². The maximum Gasteiger partial charge on any atom is 0.338 e. The third kappa shape index (κ3) is 5.71. The van der Waals surface area contributed by atoms with E-state index in [4.69, 9.17) is 56.3 Å². The number of amides is 1. The van der Waals surface area contributed by atoms with Crippen LogP contribution in [0.15, 0.2) is 35.2 Å². The molecule has 0 aliphatic heterocycles. The standard InChI is InChI=1S/C15H10Cl4N2O5S/c16-8-2-1-7(3-13(8)27(20,24)25)15(23)26-6-14(22)21-12-5-10(18)9(17)4-11(12)19/h1-5H,6H2,(H,21,22)(H2,20,24,25). The summed E-state index contributed by atoms with van der Waals surface area (Å²) in [6, 6.07) is 6.04. The molecule has 2 rings (SSSR count). The summed E-state index contributed by atoms with van der Waals surface area (Å²) < 4.78 is 27.7. The molecule has 0 bridgehead atoms. The van der Waals surface area contributed by atoms with Crippen molar-refractivity contribution in [2.45, 2.75) is 4.90 Å². The predicted octanol–water partition coefficient (Wildman–Crippen LogP) is 3.74. The van der Waals surface area contributed by atoms with E-state index < -0.39 is 33.4 Å². The minimum Gasteiger partial charge on any atom is -0.452 e. The van der Waals surface area contributed by atoms with Crippen molar-refractivity contribution < 1.29 is 22.7 Å². The van der Waals surface area contributed by atoms with Crippen LogP contribution in [-0.2, 0) is 19.6 Å². The Morgan fingerprint density at radius 2 is 1.59 bits per heavy atom. The molecule has 0 heterocycles. The molecule has 27 heavy (non-hydrogen) atoms. The lowest BCUT2D eigenvalue weighted by molar-refractivity contribution is -0.119. The Labute approximate surface area is 174 Å². The fraction of sp³-hybridized carbons (Fsp3) is 0.0667. The highest BCUT2D eigenvalue weighted by Crippen LogP contribution is 2.32. The van der Waals surface area contributed by atoms with Gasteiger partial charge in [-0.25, -0.2) is 18.4 Å². The van der Waals surface area contributed by atoms with Gasteiger partial charge < -0.3 is 10.1 Å². The molecule has 0 saturated carbocycles. The van der Waals surface area contributed by atoms with Crippen molar-refractivity contribution in [3.8, 4) is 0 Å². The summed E-state index contributed by atoms with van der Waals surface area (Å²) in [6.07, 6.45) is 0. The fourth-order valence-electron chi connectivity index (χ4n) is 1.87. The van der Waals surface area contributed by atoms with Crippen LogP contribution in [-0.4, -0.2) is 26.9 Å². The van der Waals surface area contributed by atoms with Crippen molar-refractivity contribution >= 4 is 74.0 Å². The van der Waals surface area contributed by atoms with Gasteiger partial charge in [0, 0.05) is 0 Å². The Bertz CT molecular complexity index is 1030. The summed E-state index contributed by atoms with van der Waals surface area (Å²) in [5.74, 6) is -1.66. The van der Waals surface area contributed by atoms with E-state index in [0.717, 1.165) is 6.07 Å². The van der Waals surface area contributed by atoms with Gasteiger partial charge in [-0.3, -0.25) is 4.79 Å². The average molecular weight is 472 g/mol. The van der Waals surface area contributed by atoms with Crippen LogP contribution in [0.5, 0.6) is 0 Å². The molecule has 0 saturated heterocycles. The molecule has 2 aromatic rings. The molecule has 1 amide bonds. The SMILES string of the molecule is NS(=O)(=O)c1cc(C(=O)OCC(=O)Nc2cc(Cl)c(Cl)cc2Cl)ccc1Cl. The molecular formula is C15H10Cl4N2O5S. The number of esters is 1. The Morgan fingerprint density at radius 1 is 0.963 bits per heavy atom. The molecule has 0 aliphatic rings. The van der Waals surface area contributed by atoms with Crippen molar-refractivity contribution in [2.75, 3.05) is 11.9 Å². The minimum absolute atomic E-state index is 0.138. The van der Waals surface area contributed by atoms with Crippen LogP contribution in [0.4, 0.5) is 5.69 Å². The lowest BCUT2D eigenvalue weighted by atomic mass is 10.2. The van der Waals surface area contributed by atoms with Crippen LogP contribution in [0.3, 0.4) is 0 Å². The number of halogens is 4. The Kier molecular flexibility index (Phi) is 6.96. The molecule has 144 valence electrons. The second-order valence-electron chi connectivity index (χ2n) is 5.06. The number of nitrogens with one attached hydrogen (secondary N) is 1. The highest BCUT2D eigenvalue weighted by Gasteiger charge is 2.18. The van der Waals surface area contributed by atoms with Crippen LogP contribution in [0.25, 0.3) is 0 Å². The van der Waals surface area contributed by atoms with E-state index in [1.165, 1.54) is 24.3 Å². The zero-order chi connectivity index (χ0) is 20.4. The van der Waals surface area contributed by atoms with Crippen LogP contribution < -0.4 is 10.5 Å². The third-order valence-corrected chi connectivity index (χ3v) is 5.52. The molecule has 0 atom stereocenters. The Hall–Kier alpha value is -1.55. The topological polar surface area (TPSA) is 116 Å². The van der Waals surface area contributed by atoms with Gasteiger partial charge in [0.25, 0.3) is 5.91 Å². The second kappa shape index (κ2) is 8.64. The monoisotopic (exact) mass is 470 g/mol. The number of rotatable bonds is 5. The van der Waals surface area contributed by atoms with Gasteiger partial charge in [0.05, 0.1) is 31.3 Å². The number of primary sulfonamides is 1. The number of hydrogen-bond donors (Lipinski definition) is 2. The van der Waals surface area contributed by atoms with Gasteiger partial charge in [0.1, 0.15) is 4.90 Å². The lowest BCUT2D eigenvalue weighted by Crippen LogP contribution is -2.21. The summed E-state index contributed by atoms with van der Waals surface area (Å²) in [7, 11) is -4.13. The predicted molar refractivity (Wildman–Crippen MR) is 103 cm³/mol. The zero-order valence-electron chi connectivity index (χ0n) is 13.1. The van der Waals surface area contributed by atoms with E-state index in [2.05, 4.69) is 5.32 Å². The summed E-state index contributed by atoms with van der Waals surface area (Å²) in [6.45, 7) is -0.664. The Balaban J connectivity index is 2.06. The van der Waals surface area contributed by atoms with Gasteiger partial charge in [-0.15, -0.1) is 0 Å². The van der Waals surface area contributed by atoms with Crippen LogP contribution >= 0.6 is 46.4 Å². The molecule has 0 fully saturated rings. The average Bonchev–Trinajstić information content (AvgIpc) is 2.57. The van der Waals surface area contributed by atoms with Gasteiger partial charge in [0.15, 0.2) is 6.61 Å². The zero-order valence-corrected chi connectivity index (χ0v) is 17.0. The third-order valence-electron chi connectivity index (χ3n) is 3.09. The van der Waals surface area contributed by atoms with E-state index in [9.17, 15) is 18.0 Å². The molecule has 0 spiro atoms. The first-order chi connectivity index (χ1) is 12.5. The molecule has 7 nitrogen and oxygen atoms in total. The maximum atomic E-state index is 12.0. The first kappa shape index (κ1) is 21.7. The number of sulfonamides is 1. The fourth-order valence-corrected chi connectivity index (χ4v) is 3.53. The van der Waals surface area contributed by atoms with Gasteiger partial charge >= 0.3 is 5.97 Å². The molecule has 0 aliphatic carbocycles. The highest BCUT2D eigenvalue weighted by atomic mass is 35.5. The number of benzene rings is 2. The van der Waals surface area contributed by atoms with E-state index >= 15 is 0 Å². The number of anilines is 1. The van der Waals surface area contributed by atoms with Gasteiger partial charge in [-0.05, 0) is 30.3 Å². The normalized spacial score (nSPS) is 11.1. The van der Waals surface area contributed by atoms with E-state index in [-0.39, 0.29) is 31.3 Å². The number of nitrogens with two attached hydrogens (primary N) is 1. The number of carbonyl (C=O) groups excluding carboxylic acids is 2. The number of carbonyl (C=O) groups is 2. The van der Waals surface area contributed by atoms with Gasteiger partial charge in [-0.1, -0.05) is 46.4 Å². The van der Waals surface area contributed by atoms with Crippen molar-refractivity contribution in [2.24, 2.45) is 5.14 Å².